The molecule has 2 rings (SSSR count). The minimum atomic E-state index is -4.47. The van der Waals surface area contributed by atoms with E-state index < -0.39 is 11.7 Å². The molecule has 0 saturated heterocycles. The summed E-state index contributed by atoms with van der Waals surface area (Å²) < 4.78 is 43.7. The van der Waals surface area contributed by atoms with Gasteiger partial charge in [-0.15, -0.1) is 0 Å². The number of rotatable bonds is 1. The maximum Gasteiger partial charge on any atom is 0.420 e. The van der Waals surface area contributed by atoms with Crippen molar-refractivity contribution in [2.24, 2.45) is 0 Å². The Labute approximate surface area is 95.8 Å². The molecule has 0 heterocycles. The zero-order valence-electron chi connectivity index (χ0n) is 9.01. The third kappa shape index (κ3) is 1.88. The summed E-state index contributed by atoms with van der Waals surface area (Å²) in [5.74, 6) is -0.199. The largest absolute Gasteiger partial charge is 0.496 e. The Kier molecular flexibility index (Phi) is 2.61. The summed E-state index contributed by atoms with van der Waals surface area (Å²) in [5, 5.41) is 0.428. The molecular formula is C12H10F3NO. The fourth-order valence-electron chi connectivity index (χ4n) is 1.82. The van der Waals surface area contributed by atoms with Crippen LogP contribution < -0.4 is 10.5 Å². The van der Waals surface area contributed by atoms with Crippen LogP contribution in [-0.4, -0.2) is 7.11 Å². The number of nitrogen functional groups attached to an aromatic ring is 1. The van der Waals surface area contributed by atoms with Crippen LogP contribution in [-0.2, 0) is 6.18 Å². The molecule has 0 radical (unpaired) electrons. The van der Waals surface area contributed by atoms with E-state index in [0.29, 0.717) is 11.1 Å². The Hall–Kier alpha value is -1.91. The van der Waals surface area contributed by atoms with Gasteiger partial charge in [0, 0.05) is 11.1 Å². The Balaban J connectivity index is 2.89. The van der Waals surface area contributed by atoms with E-state index in [-0.39, 0.29) is 11.1 Å². The van der Waals surface area contributed by atoms with Crippen LogP contribution in [0.2, 0.25) is 0 Å². The van der Waals surface area contributed by atoms with E-state index in [0.717, 1.165) is 0 Å². The van der Waals surface area contributed by atoms with Crippen LogP contribution in [0.1, 0.15) is 5.56 Å². The molecule has 2 aromatic rings. The third-order valence-electron chi connectivity index (χ3n) is 2.56. The van der Waals surface area contributed by atoms with E-state index >= 15 is 0 Å². The van der Waals surface area contributed by atoms with Crippen molar-refractivity contribution in [3.05, 3.63) is 35.9 Å². The maximum atomic E-state index is 13.0. The molecule has 5 heteroatoms. The highest BCUT2D eigenvalue weighted by Crippen LogP contribution is 2.42. The molecule has 0 aliphatic carbocycles. The molecule has 90 valence electrons. The van der Waals surface area contributed by atoms with Gasteiger partial charge in [0.25, 0.3) is 0 Å². The molecular weight excluding hydrogens is 231 g/mol. The van der Waals surface area contributed by atoms with Crippen molar-refractivity contribution in [2.75, 3.05) is 12.8 Å². The number of ether oxygens (including phenoxy) is 1. The average molecular weight is 241 g/mol. The molecule has 0 unspecified atom stereocenters. The van der Waals surface area contributed by atoms with Crippen LogP contribution in [0.3, 0.4) is 0 Å². The van der Waals surface area contributed by atoms with Gasteiger partial charge in [0.1, 0.15) is 11.3 Å². The first-order valence-electron chi connectivity index (χ1n) is 4.87. The molecule has 2 N–H and O–H groups in total. The predicted molar refractivity (Wildman–Crippen MR) is 59.9 cm³/mol. The van der Waals surface area contributed by atoms with E-state index in [2.05, 4.69) is 0 Å². The fourth-order valence-corrected chi connectivity index (χ4v) is 1.82. The molecule has 0 bridgehead atoms. The van der Waals surface area contributed by atoms with Crippen molar-refractivity contribution in [1.82, 2.24) is 0 Å². The number of methoxy groups -OCH3 is 1. The monoisotopic (exact) mass is 241 g/mol. The lowest BCUT2D eigenvalue weighted by atomic mass is 10.0. The second-order valence-corrected chi connectivity index (χ2v) is 3.58. The summed E-state index contributed by atoms with van der Waals surface area (Å²) in [4.78, 5) is 0. The lowest BCUT2D eigenvalue weighted by Crippen LogP contribution is -2.08. The number of fused-ring (bicyclic) bond motifs is 1. The van der Waals surface area contributed by atoms with E-state index in [4.69, 9.17) is 10.5 Å². The van der Waals surface area contributed by atoms with Gasteiger partial charge in [0.05, 0.1) is 7.11 Å². The topological polar surface area (TPSA) is 35.2 Å². The SMILES string of the molecule is COc1ccc2c(N)cccc2c1C(F)(F)F. The molecule has 2 nitrogen and oxygen atoms in total. The Morgan fingerprint density at radius 3 is 2.35 bits per heavy atom. The maximum absolute atomic E-state index is 13.0. The normalized spacial score (nSPS) is 11.8. The summed E-state index contributed by atoms with van der Waals surface area (Å²) in [6.07, 6.45) is -4.47. The number of halogens is 3. The van der Waals surface area contributed by atoms with Gasteiger partial charge in [-0.25, -0.2) is 0 Å². The Morgan fingerprint density at radius 2 is 1.76 bits per heavy atom. The molecule has 2 aromatic carbocycles. The molecule has 0 spiro atoms. The van der Waals surface area contributed by atoms with Gasteiger partial charge in [-0.05, 0) is 23.6 Å². The second-order valence-electron chi connectivity index (χ2n) is 3.58. The third-order valence-corrected chi connectivity index (χ3v) is 2.56. The highest BCUT2D eigenvalue weighted by molar-refractivity contribution is 5.96. The minimum Gasteiger partial charge on any atom is -0.496 e. The highest BCUT2D eigenvalue weighted by Gasteiger charge is 2.36. The standard InChI is InChI=1S/C12H10F3NO/c1-17-10-6-5-7-8(3-2-4-9(7)16)11(10)12(13,14)15/h2-6H,16H2,1H3. The first-order chi connectivity index (χ1) is 7.95. The van der Waals surface area contributed by atoms with Crippen molar-refractivity contribution in [3.63, 3.8) is 0 Å². The van der Waals surface area contributed by atoms with Crippen molar-refractivity contribution >= 4 is 16.5 Å². The number of benzene rings is 2. The highest BCUT2D eigenvalue weighted by atomic mass is 19.4. The number of hydrogen-bond acceptors (Lipinski definition) is 2. The van der Waals surface area contributed by atoms with Crippen LogP contribution in [0.5, 0.6) is 5.75 Å². The molecule has 17 heavy (non-hydrogen) atoms. The predicted octanol–water partition coefficient (Wildman–Crippen LogP) is 3.45. The van der Waals surface area contributed by atoms with E-state index in [9.17, 15) is 13.2 Å². The number of hydrogen-bond donors (Lipinski definition) is 1. The van der Waals surface area contributed by atoms with Gasteiger partial charge in [-0.3, -0.25) is 0 Å². The van der Waals surface area contributed by atoms with Crippen LogP contribution in [0, 0.1) is 0 Å². The van der Waals surface area contributed by atoms with Crippen molar-refractivity contribution in [2.45, 2.75) is 6.18 Å². The quantitative estimate of drug-likeness (QED) is 0.776. The summed E-state index contributed by atoms with van der Waals surface area (Å²) in [7, 11) is 1.21. The van der Waals surface area contributed by atoms with Crippen molar-refractivity contribution in [1.29, 1.82) is 0 Å². The summed E-state index contributed by atoms with van der Waals surface area (Å²) >= 11 is 0. The number of alkyl halides is 3. The fraction of sp³-hybridized carbons (Fsp3) is 0.167. The number of nitrogens with two attached hydrogens (primary N) is 1. The van der Waals surface area contributed by atoms with E-state index in [1.165, 1.54) is 31.4 Å². The molecule has 0 amide bonds. The Morgan fingerprint density at radius 1 is 1.06 bits per heavy atom. The zero-order valence-corrected chi connectivity index (χ0v) is 9.01. The van der Waals surface area contributed by atoms with E-state index in [1.54, 1.807) is 6.07 Å². The lowest BCUT2D eigenvalue weighted by Gasteiger charge is -2.15. The first kappa shape index (κ1) is 11.6. The van der Waals surface area contributed by atoms with Gasteiger partial charge in [-0.1, -0.05) is 12.1 Å². The Bertz CT molecular complexity index is 563. The smallest absolute Gasteiger partial charge is 0.420 e. The molecule has 0 atom stereocenters. The first-order valence-corrected chi connectivity index (χ1v) is 4.87. The number of anilines is 1. The van der Waals surface area contributed by atoms with Gasteiger partial charge < -0.3 is 10.5 Å². The molecule has 0 saturated carbocycles. The summed E-state index contributed by atoms with van der Waals surface area (Å²) in [5.41, 5.74) is 5.18. The van der Waals surface area contributed by atoms with Crippen LogP contribution in [0.4, 0.5) is 18.9 Å². The van der Waals surface area contributed by atoms with Crippen LogP contribution >= 0.6 is 0 Å². The minimum absolute atomic E-state index is 0.0526. The van der Waals surface area contributed by atoms with Crippen LogP contribution in [0.25, 0.3) is 10.8 Å². The van der Waals surface area contributed by atoms with Gasteiger partial charge in [0.2, 0.25) is 0 Å². The van der Waals surface area contributed by atoms with Gasteiger partial charge in [-0.2, -0.15) is 13.2 Å². The molecule has 0 aliphatic heterocycles. The van der Waals surface area contributed by atoms with E-state index in [1.807, 2.05) is 0 Å². The molecule has 0 fully saturated rings. The zero-order chi connectivity index (χ0) is 12.6. The molecule has 0 aromatic heterocycles. The van der Waals surface area contributed by atoms with Crippen molar-refractivity contribution < 1.29 is 17.9 Å². The van der Waals surface area contributed by atoms with Crippen LogP contribution in [0.15, 0.2) is 30.3 Å². The summed E-state index contributed by atoms with van der Waals surface area (Å²) in [6.45, 7) is 0. The lowest BCUT2D eigenvalue weighted by molar-refractivity contribution is -0.137. The van der Waals surface area contributed by atoms with Gasteiger partial charge in [0.15, 0.2) is 0 Å². The second kappa shape index (κ2) is 3.84. The summed E-state index contributed by atoms with van der Waals surface area (Å²) in [6, 6.07) is 7.25. The van der Waals surface area contributed by atoms with Gasteiger partial charge >= 0.3 is 6.18 Å². The average Bonchev–Trinajstić information content (AvgIpc) is 2.26. The van der Waals surface area contributed by atoms with Crippen molar-refractivity contribution in [3.8, 4) is 5.75 Å². The molecule has 0 aliphatic rings.